The summed E-state index contributed by atoms with van der Waals surface area (Å²) in [5, 5.41) is 24.1. The van der Waals surface area contributed by atoms with Gasteiger partial charge in [0.15, 0.2) is 5.96 Å². The molecule has 1 aliphatic rings. The average Bonchev–Trinajstić information content (AvgIpc) is 3.03. The SMILES string of the molecule is CC(=O)N[C@H]1CSSC(C)(C)[C@@H](C(N)=O)NC(=O)[C@H](Cc2ccccc2)NC(=O)[C@H](CC(=O)O)NC(=O)CNC(=O)[C@H](CCN=C(N)N)NC1=O. The van der Waals surface area contributed by atoms with E-state index in [0.717, 1.165) is 21.6 Å². The van der Waals surface area contributed by atoms with Crippen LogP contribution in [0.3, 0.4) is 0 Å². The van der Waals surface area contributed by atoms with Gasteiger partial charge in [-0.2, -0.15) is 0 Å². The molecule has 0 aromatic heterocycles. The summed E-state index contributed by atoms with van der Waals surface area (Å²) < 4.78 is -1.14. The molecular formula is C30H44N10O9S2. The number of rotatable bonds is 9. The Kier molecular flexibility index (Phi) is 16.5. The number of primary amides is 1. The molecule has 1 saturated heterocycles. The summed E-state index contributed by atoms with van der Waals surface area (Å²) in [5.74, 6) is -7.76. The van der Waals surface area contributed by atoms with E-state index in [0.29, 0.717) is 5.56 Å². The molecule has 0 spiro atoms. The third-order valence-electron chi connectivity index (χ3n) is 7.18. The highest BCUT2D eigenvalue weighted by Crippen LogP contribution is 2.38. The van der Waals surface area contributed by atoms with Crippen LogP contribution >= 0.6 is 21.6 Å². The van der Waals surface area contributed by atoms with E-state index in [1.54, 1.807) is 44.2 Å². The van der Waals surface area contributed by atoms with Gasteiger partial charge in [-0.3, -0.25) is 43.3 Å². The quantitative estimate of drug-likeness (QED) is 0.0669. The Hall–Kier alpha value is -5.05. The molecule has 21 heteroatoms. The van der Waals surface area contributed by atoms with Crippen molar-refractivity contribution in [1.29, 1.82) is 0 Å². The minimum absolute atomic E-state index is 0.0682. The van der Waals surface area contributed by atoms with Crippen LogP contribution in [-0.2, 0) is 44.8 Å². The zero-order chi connectivity index (χ0) is 38.3. The third-order valence-corrected chi connectivity index (χ3v) is 10.5. The molecule has 1 aromatic rings. The van der Waals surface area contributed by atoms with Crippen LogP contribution in [0.15, 0.2) is 35.3 Å². The average molecular weight is 753 g/mol. The zero-order valence-corrected chi connectivity index (χ0v) is 29.9. The van der Waals surface area contributed by atoms with Crippen molar-refractivity contribution in [2.24, 2.45) is 22.2 Å². The molecule has 51 heavy (non-hydrogen) atoms. The van der Waals surface area contributed by atoms with Gasteiger partial charge < -0.3 is 54.2 Å². The van der Waals surface area contributed by atoms with Crippen molar-refractivity contribution in [1.82, 2.24) is 31.9 Å². The molecule has 0 aliphatic carbocycles. The van der Waals surface area contributed by atoms with Crippen molar-refractivity contribution in [3.63, 3.8) is 0 Å². The van der Waals surface area contributed by atoms with Gasteiger partial charge in [-0.25, -0.2) is 0 Å². The van der Waals surface area contributed by atoms with Gasteiger partial charge in [0.2, 0.25) is 41.4 Å². The van der Waals surface area contributed by atoms with Gasteiger partial charge in [-0.15, -0.1) is 0 Å². The molecule has 1 fully saturated rings. The summed E-state index contributed by atoms with van der Waals surface area (Å²) >= 11 is 0. The molecule has 2 rings (SSSR count). The van der Waals surface area contributed by atoms with Gasteiger partial charge >= 0.3 is 5.97 Å². The highest BCUT2D eigenvalue weighted by molar-refractivity contribution is 8.77. The summed E-state index contributed by atoms with van der Waals surface area (Å²) in [5.41, 5.74) is 17.1. The lowest BCUT2D eigenvalue weighted by atomic mass is 10.00. The summed E-state index contributed by atoms with van der Waals surface area (Å²) in [6, 6.07) is 1.60. The van der Waals surface area contributed by atoms with Gasteiger partial charge in [-0.05, 0) is 25.8 Å². The van der Waals surface area contributed by atoms with Crippen LogP contribution in [0.25, 0.3) is 0 Å². The lowest BCUT2D eigenvalue weighted by molar-refractivity contribution is -0.141. The summed E-state index contributed by atoms with van der Waals surface area (Å²) in [6.45, 7) is 3.54. The van der Waals surface area contributed by atoms with E-state index in [-0.39, 0.29) is 31.1 Å². The van der Waals surface area contributed by atoms with E-state index >= 15 is 0 Å². The van der Waals surface area contributed by atoms with Crippen molar-refractivity contribution in [2.45, 2.75) is 75.0 Å². The van der Waals surface area contributed by atoms with E-state index in [9.17, 15) is 43.5 Å². The first-order valence-electron chi connectivity index (χ1n) is 15.6. The second-order valence-corrected chi connectivity index (χ2v) is 14.9. The maximum Gasteiger partial charge on any atom is 0.305 e. The van der Waals surface area contributed by atoms with Gasteiger partial charge in [0.05, 0.1) is 13.0 Å². The lowest BCUT2D eigenvalue weighted by Crippen LogP contribution is -2.61. The number of guanidine groups is 1. The standard InChI is InChI=1S/C30H44N10O9S2/c1-15(41)36-20-14-50-51-30(2,3)23(24(31)45)40-27(48)18(11-16-7-5-4-6-8-16)39-26(47)19(12-22(43)44)37-21(42)13-35-25(46)17(38-28(20)49)9-10-34-29(32)33/h4-8,17-20,23H,9-14H2,1-3H3,(H2,31,45)(H,35,46)(H,36,41)(H,37,42)(H,38,49)(H,39,47)(H,40,48)(H,43,44)(H4,32,33,34)/t17-,18-,19-,20-,23+/m0/s1. The van der Waals surface area contributed by atoms with E-state index < -0.39 is 95.2 Å². The molecule has 0 bridgehead atoms. The number of nitrogens with zero attached hydrogens (tertiary/aromatic N) is 1. The number of carboxylic acid groups (broad SMARTS) is 1. The molecule has 0 radical (unpaired) electrons. The van der Waals surface area contributed by atoms with Gasteiger partial charge in [-0.1, -0.05) is 51.9 Å². The Labute approximate surface area is 301 Å². The van der Waals surface area contributed by atoms with E-state index in [2.05, 4.69) is 36.9 Å². The minimum atomic E-state index is -1.70. The second kappa shape index (κ2) is 20.0. The number of benzene rings is 1. The van der Waals surface area contributed by atoms with Crippen LogP contribution in [0.1, 0.15) is 39.2 Å². The predicted molar refractivity (Wildman–Crippen MR) is 189 cm³/mol. The Balaban J connectivity index is 2.55. The molecule has 1 aliphatic heterocycles. The van der Waals surface area contributed by atoms with Crippen molar-refractivity contribution in [3.8, 4) is 0 Å². The number of aliphatic imine (C=N–C) groups is 1. The van der Waals surface area contributed by atoms with Crippen molar-refractivity contribution >= 4 is 74.9 Å². The predicted octanol–water partition coefficient (Wildman–Crippen LogP) is -3.41. The smallest absolute Gasteiger partial charge is 0.305 e. The largest absolute Gasteiger partial charge is 0.481 e. The highest BCUT2D eigenvalue weighted by Gasteiger charge is 2.39. The number of hydrogen-bond acceptors (Lipinski definition) is 11. The Morgan fingerprint density at radius 1 is 0.902 bits per heavy atom. The van der Waals surface area contributed by atoms with E-state index in [1.807, 2.05) is 0 Å². The van der Waals surface area contributed by atoms with Crippen molar-refractivity contribution in [2.75, 3.05) is 18.8 Å². The maximum absolute atomic E-state index is 13.7. The van der Waals surface area contributed by atoms with Gasteiger partial charge in [0.1, 0.15) is 30.2 Å². The van der Waals surface area contributed by atoms with Crippen LogP contribution in [0.5, 0.6) is 0 Å². The van der Waals surface area contributed by atoms with Crippen LogP contribution in [0.4, 0.5) is 0 Å². The number of nitrogens with one attached hydrogen (secondary N) is 6. The first-order valence-corrected chi connectivity index (χ1v) is 17.9. The van der Waals surface area contributed by atoms with Crippen molar-refractivity contribution in [3.05, 3.63) is 35.9 Å². The molecule has 280 valence electrons. The number of amides is 7. The molecule has 0 unspecified atom stereocenters. The molecule has 7 amide bonds. The zero-order valence-electron chi connectivity index (χ0n) is 28.2. The maximum atomic E-state index is 13.7. The molecule has 13 N–H and O–H groups in total. The van der Waals surface area contributed by atoms with Crippen LogP contribution in [-0.4, -0.2) is 112 Å². The molecule has 19 nitrogen and oxygen atoms in total. The topological polar surface area (TPSA) is 319 Å². The van der Waals surface area contributed by atoms with Gasteiger partial charge in [0, 0.05) is 30.4 Å². The third kappa shape index (κ3) is 14.8. The van der Waals surface area contributed by atoms with Crippen LogP contribution in [0.2, 0.25) is 0 Å². The van der Waals surface area contributed by atoms with Crippen molar-refractivity contribution < 1.29 is 43.5 Å². The summed E-state index contributed by atoms with van der Waals surface area (Å²) in [4.78, 5) is 107. The monoisotopic (exact) mass is 752 g/mol. The number of carboxylic acids is 1. The summed E-state index contributed by atoms with van der Waals surface area (Å²) in [6.07, 6.45) is -1.12. The highest BCUT2D eigenvalue weighted by atomic mass is 33.1. The van der Waals surface area contributed by atoms with Crippen LogP contribution < -0.4 is 49.1 Å². The lowest BCUT2D eigenvalue weighted by Gasteiger charge is -2.33. The van der Waals surface area contributed by atoms with Gasteiger partial charge in [0.25, 0.3) is 0 Å². The normalized spacial score (nSPS) is 23.9. The second-order valence-electron chi connectivity index (χ2n) is 11.9. The fraction of sp³-hybridized carbons (Fsp3) is 0.500. The fourth-order valence-corrected chi connectivity index (χ4v) is 7.50. The number of nitrogens with two attached hydrogens (primary N) is 3. The molecule has 1 aromatic carbocycles. The minimum Gasteiger partial charge on any atom is -0.481 e. The van der Waals surface area contributed by atoms with E-state index in [4.69, 9.17) is 17.2 Å². The molecular weight excluding hydrogens is 709 g/mol. The first-order chi connectivity index (χ1) is 23.9. The van der Waals surface area contributed by atoms with Crippen LogP contribution in [0, 0.1) is 0 Å². The molecule has 5 atom stereocenters. The number of aliphatic carboxylic acids is 1. The summed E-state index contributed by atoms with van der Waals surface area (Å²) in [7, 11) is 2.14. The Bertz CT molecular complexity index is 1490. The number of carbonyl (C=O) groups is 8. The first kappa shape index (κ1) is 42.1. The van der Waals surface area contributed by atoms with E-state index in [1.165, 1.54) is 6.92 Å². The number of hydrogen-bond donors (Lipinski definition) is 10. The Morgan fingerprint density at radius 3 is 2.12 bits per heavy atom. The number of carbonyl (C=O) groups excluding carboxylic acids is 7. The fourth-order valence-electron chi connectivity index (χ4n) is 4.68. The molecule has 0 saturated carbocycles. The molecule has 1 heterocycles. The Morgan fingerprint density at radius 2 is 1.53 bits per heavy atom.